The third-order valence-electron chi connectivity index (χ3n) is 2.57. The Morgan fingerprint density at radius 3 is 2.50 bits per heavy atom. The van der Waals surface area contributed by atoms with E-state index in [9.17, 15) is 10.1 Å². The topological polar surface area (TPSA) is 76.2 Å². The Morgan fingerprint density at radius 1 is 1.25 bits per heavy atom. The lowest BCUT2D eigenvalue weighted by Crippen LogP contribution is -1.91. The van der Waals surface area contributed by atoms with Crippen molar-refractivity contribution in [1.82, 2.24) is 0 Å². The lowest BCUT2D eigenvalue weighted by molar-refractivity contribution is -0.385. The third-order valence-corrected chi connectivity index (χ3v) is 3.63. The van der Waals surface area contributed by atoms with Crippen LogP contribution < -0.4 is 4.74 Å². The fourth-order valence-electron chi connectivity index (χ4n) is 1.58. The Bertz CT molecular complexity index is 678. The van der Waals surface area contributed by atoms with Gasteiger partial charge in [0.15, 0.2) is 0 Å². The molecule has 100 valence electrons. The first-order valence-corrected chi connectivity index (χ1v) is 6.46. The maximum absolute atomic E-state index is 10.7. The molecule has 0 spiro atoms. The van der Waals surface area contributed by atoms with Crippen LogP contribution in [0.4, 0.5) is 5.69 Å². The number of nitriles is 1. The minimum absolute atomic E-state index is 0.00831. The highest BCUT2D eigenvalue weighted by atomic mass is 32.2. The molecule has 5 nitrogen and oxygen atoms in total. The first-order chi connectivity index (χ1) is 9.63. The summed E-state index contributed by atoms with van der Waals surface area (Å²) in [4.78, 5) is 12.0. The summed E-state index contributed by atoms with van der Waals surface area (Å²) >= 11 is 1.42. The Balaban J connectivity index is 2.28. The van der Waals surface area contributed by atoms with Crippen LogP contribution in [0.15, 0.2) is 52.3 Å². The Kier molecular flexibility index (Phi) is 4.23. The van der Waals surface area contributed by atoms with Crippen LogP contribution >= 0.6 is 11.8 Å². The van der Waals surface area contributed by atoms with Gasteiger partial charge in [0.25, 0.3) is 5.69 Å². The lowest BCUT2D eigenvalue weighted by Gasteiger charge is -2.07. The van der Waals surface area contributed by atoms with Crippen molar-refractivity contribution in [3.05, 3.63) is 58.1 Å². The quantitative estimate of drug-likeness (QED) is 0.633. The monoisotopic (exact) mass is 286 g/mol. The number of ether oxygens (including phenoxy) is 1. The van der Waals surface area contributed by atoms with Crippen molar-refractivity contribution in [2.75, 3.05) is 7.11 Å². The van der Waals surface area contributed by atoms with E-state index in [0.29, 0.717) is 11.3 Å². The molecule has 0 heterocycles. The van der Waals surface area contributed by atoms with E-state index in [2.05, 4.69) is 6.07 Å². The van der Waals surface area contributed by atoms with Gasteiger partial charge in [-0.25, -0.2) is 0 Å². The summed E-state index contributed by atoms with van der Waals surface area (Å²) in [5.74, 6) is 0.452. The third kappa shape index (κ3) is 3.08. The number of nitrogens with zero attached hydrogens (tertiary/aromatic N) is 2. The molecule has 2 aromatic rings. The molecule has 0 fully saturated rings. The number of methoxy groups -OCH3 is 1. The SMILES string of the molecule is COc1cc([N+](=O)[O-])ccc1Sc1ccc(C#N)cc1. The zero-order valence-electron chi connectivity index (χ0n) is 10.6. The number of non-ortho nitro benzene ring substituents is 1. The van der Waals surface area contributed by atoms with Gasteiger partial charge in [-0.3, -0.25) is 10.1 Å². The number of nitro groups is 1. The fraction of sp³-hybridized carbons (Fsp3) is 0.0714. The van der Waals surface area contributed by atoms with E-state index < -0.39 is 4.92 Å². The summed E-state index contributed by atoms with van der Waals surface area (Å²) in [5, 5.41) is 19.5. The summed E-state index contributed by atoms with van der Waals surface area (Å²) < 4.78 is 5.18. The number of nitro benzene ring substituents is 1. The predicted molar refractivity (Wildman–Crippen MR) is 74.9 cm³/mol. The molecule has 0 aliphatic heterocycles. The van der Waals surface area contributed by atoms with E-state index in [4.69, 9.17) is 10.00 Å². The summed E-state index contributed by atoms with van der Waals surface area (Å²) in [7, 11) is 1.47. The molecular weight excluding hydrogens is 276 g/mol. The predicted octanol–water partition coefficient (Wildman–Crippen LogP) is 3.63. The number of hydrogen-bond acceptors (Lipinski definition) is 5. The molecule has 0 saturated heterocycles. The van der Waals surface area contributed by atoms with E-state index in [0.717, 1.165) is 9.79 Å². The van der Waals surface area contributed by atoms with E-state index >= 15 is 0 Å². The van der Waals surface area contributed by atoms with Gasteiger partial charge in [0.2, 0.25) is 0 Å². The molecule has 0 unspecified atom stereocenters. The van der Waals surface area contributed by atoms with Gasteiger partial charge in [-0.1, -0.05) is 11.8 Å². The van der Waals surface area contributed by atoms with Crippen molar-refractivity contribution in [1.29, 1.82) is 5.26 Å². The Labute approximate surface area is 120 Å². The van der Waals surface area contributed by atoms with E-state index in [1.165, 1.54) is 31.0 Å². The first-order valence-electron chi connectivity index (χ1n) is 5.64. The molecule has 0 aliphatic carbocycles. The summed E-state index contributed by atoms with van der Waals surface area (Å²) in [6, 6.07) is 13.6. The van der Waals surface area contributed by atoms with Crippen LogP contribution in [0, 0.1) is 21.4 Å². The molecule has 0 saturated carbocycles. The van der Waals surface area contributed by atoms with Gasteiger partial charge in [-0.05, 0) is 30.3 Å². The van der Waals surface area contributed by atoms with Gasteiger partial charge in [0, 0.05) is 11.0 Å². The van der Waals surface area contributed by atoms with Gasteiger partial charge in [-0.2, -0.15) is 5.26 Å². The van der Waals surface area contributed by atoms with Crippen LogP contribution in [-0.2, 0) is 0 Å². The van der Waals surface area contributed by atoms with E-state index in [1.807, 2.05) is 12.1 Å². The second-order valence-electron chi connectivity index (χ2n) is 3.83. The second kappa shape index (κ2) is 6.08. The van der Waals surface area contributed by atoms with Crippen molar-refractivity contribution in [2.24, 2.45) is 0 Å². The van der Waals surface area contributed by atoms with Crippen LogP contribution in [0.1, 0.15) is 5.56 Å². The summed E-state index contributed by atoms with van der Waals surface area (Å²) in [6.45, 7) is 0. The van der Waals surface area contributed by atoms with Gasteiger partial charge >= 0.3 is 0 Å². The lowest BCUT2D eigenvalue weighted by atomic mass is 10.2. The number of benzene rings is 2. The molecule has 2 rings (SSSR count). The fourth-order valence-corrected chi connectivity index (χ4v) is 2.48. The first kappa shape index (κ1) is 13.9. The molecule has 0 aliphatic rings. The van der Waals surface area contributed by atoms with Crippen LogP contribution in [0.2, 0.25) is 0 Å². The zero-order chi connectivity index (χ0) is 14.5. The van der Waals surface area contributed by atoms with Crippen molar-refractivity contribution in [3.63, 3.8) is 0 Å². The highest BCUT2D eigenvalue weighted by Crippen LogP contribution is 2.36. The van der Waals surface area contributed by atoms with E-state index in [1.54, 1.807) is 18.2 Å². The molecule has 0 atom stereocenters. The van der Waals surface area contributed by atoms with Crippen LogP contribution in [0.3, 0.4) is 0 Å². The van der Waals surface area contributed by atoms with Crippen molar-refractivity contribution in [3.8, 4) is 11.8 Å². The molecule has 0 radical (unpaired) electrons. The normalized spacial score (nSPS) is 9.80. The van der Waals surface area contributed by atoms with Gasteiger partial charge < -0.3 is 4.74 Å². The minimum atomic E-state index is -0.460. The van der Waals surface area contributed by atoms with Crippen LogP contribution in [-0.4, -0.2) is 12.0 Å². The summed E-state index contributed by atoms with van der Waals surface area (Å²) in [5.41, 5.74) is 0.580. The molecule has 0 aromatic heterocycles. The average molecular weight is 286 g/mol. The van der Waals surface area contributed by atoms with Crippen molar-refractivity contribution < 1.29 is 9.66 Å². The van der Waals surface area contributed by atoms with E-state index in [-0.39, 0.29) is 5.69 Å². The maximum atomic E-state index is 10.7. The number of rotatable bonds is 4. The zero-order valence-corrected chi connectivity index (χ0v) is 11.4. The smallest absolute Gasteiger partial charge is 0.273 e. The summed E-state index contributed by atoms with van der Waals surface area (Å²) in [6.07, 6.45) is 0. The Hall–Kier alpha value is -2.52. The van der Waals surface area contributed by atoms with Crippen molar-refractivity contribution >= 4 is 17.4 Å². The highest BCUT2D eigenvalue weighted by molar-refractivity contribution is 7.99. The minimum Gasteiger partial charge on any atom is -0.495 e. The van der Waals surface area contributed by atoms with Gasteiger partial charge in [0.05, 0.1) is 34.6 Å². The standard InChI is InChI=1S/C14H10N2O3S/c1-19-13-8-11(16(17)18)4-7-14(13)20-12-5-2-10(9-15)3-6-12/h2-8H,1H3. The largest absolute Gasteiger partial charge is 0.495 e. The molecule has 6 heteroatoms. The molecule has 2 aromatic carbocycles. The molecule has 20 heavy (non-hydrogen) atoms. The van der Waals surface area contributed by atoms with Gasteiger partial charge in [0.1, 0.15) is 5.75 Å². The average Bonchev–Trinajstić information content (AvgIpc) is 2.48. The van der Waals surface area contributed by atoms with Gasteiger partial charge in [-0.15, -0.1) is 0 Å². The maximum Gasteiger partial charge on any atom is 0.273 e. The molecule has 0 amide bonds. The molecular formula is C14H10N2O3S. The second-order valence-corrected chi connectivity index (χ2v) is 4.95. The van der Waals surface area contributed by atoms with Crippen LogP contribution in [0.5, 0.6) is 5.75 Å². The number of hydrogen-bond donors (Lipinski definition) is 0. The van der Waals surface area contributed by atoms with Crippen molar-refractivity contribution in [2.45, 2.75) is 9.79 Å². The highest BCUT2D eigenvalue weighted by Gasteiger charge is 2.12. The van der Waals surface area contributed by atoms with Crippen LogP contribution in [0.25, 0.3) is 0 Å². The molecule has 0 bridgehead atoms. The Morgan fingerprint density at radius 2 is 1.95 bits per heavy atom. The molecule has 0 N–H and O–H groups in total.